The highest BCUT2D eigenvalue weighted by Crippen LogP contribution is 2.28. The molecule has 0 saturated heterocycles. The minimum atomic E-state index is -0.133. The maximum atomic E-state index is 12.4. The predicted octanol–water partition coefficient (Wildman–Crippen LogP) is 5.87. The van der Waals surface area contributed by atoms with Crippen LogP contribution in [0.5, 0.6) is 5.75 Å². The largest absolute Gasteiger partial charge is 0.497 e. The molecule has 0 aliphatic heterocycles. The molecule has 0 unspecified atom stereocenters. The van der Waals surface area contributed by atoms with Crippen LogP contribution in [0, 0.1) is 11.3 Å². The number of nitrogens with zero attached hydrogens (tertiary/aromatic N) is 3. The monoisotopic (exact) mass is 472 g/mol. The molecule has 4 aromatic rings. The molecule has 33 heavy (non-hydrogen) atoms. The first-order chi connectivity index (χ1) is 16.2. The number of thioether (sulfide) groups is 1. The Kier molecular flexibility index (Phi) is 7.35. The van der Waals surface area contributed by atoms with Crippen molar-refractivity contribution < 1.29 is 9.53 Å². The summed E-state index contributed by atoms with van der Waals surface area (Å²) in [6, 6.07) is 23.2. The number of carbonyl (C=O) groups excluding carboxylic acids is 1. The highest BCUT2D eigenvalue weighted by Gasteiger charge is 2.11. The van der Waals surface area contributed by atoms with Gasteiger partial charge < -0.3 is 10.1 Å². The van der Waals surface area contributed by atoms with Gasteiger partial charge in [-0.05, 0) is 24.3 Å². The summed E-state index contributed by atoms with van der Waals surface area (Å²) in [7, 11) is 1.62. The topological polar surface area (TPSA) is 87.9 Å². The lowest BCUT2D eigenvalue weighted by atomic mass is 10.1. The van der Waals surface area contributed by atoms with Crippen molar-refractivity contribution in [2.45, 2.75) is 11.4 Å². The molecule has 0 atom stereocenters. The summed E-state index contributed by atoms with van der Waals surface area (Å²) in [4.78, 5) is 21.6. The molecule has 164 valence electrons. The number of rotatable bonds is 8. The molecular weight excluding hydrogens is 452 g/mol. The van der Waals surface area contributed by atoms with Gasteiger partial charge in [0.25, 0.3) is 0 Å². The van der Waals surface area contributed by atoms with Crippen LogP contribution >= 0.6 is 23.1 Å². The van der Waals surface area contributed by atoms with Crippen molar-refractivity contribution in [2.24, 2.45) is 0 Å². The molecule has 0 aliphatic carbocycles. The van der Waals surface area contributed by atoms with Crippen LogP contribution in [-0.4, -0.2) is 28.7 Å². The van der Waals surface area contributed by atoms with Crippen LogP contribution in [0.1, 0.15) is 12.0 Å². The van der Waals surface area contributed by atoms with E-state index < -0.39 is 0 Å². The predicted molar refractivity (Wildman–Crippen MR) is 132 cm³/mol. The lowest BCUT2D eigenvalue weighted by molar-refractivity contribution is -0.115. The summed E-state index contributed by atoms with van der Waals surface area (Å²) in [5.74, 6) is 1.12. The van der Waals surface area contributed by atoms with E-state index in [0.717, 1.165) is 28.3 Å². The normalized spacial score (nSPS) is 10.4. The Morgan fingerprint density at radius 2 is 1.88 bits per heavy atom. The van der Waals surface area contributed by atoms with Gasteiger partial charge in [-0.1, -0.05) is 42.5 Å². The summed E-state index contributed by atoms with van der Waals surface area (Å²) in [6.07, 6.45) is 0.279. The second kappa shape index (κ2) is 10.8. The number of benzene rings is 2. The smallest absolute Gasteiger partial charge is 0.226 e. The van der Waals surface area contributed by atoms with Crippen molar-refractivity contribution in [3.05, 3.63) is 77.7 Å². The van der Waals surface area contributed by atoms with Crippen molar-refractivity contribution in [1.29, 1.82) is 5.26 Å². The van der Waals surface area contributed by atoms with E-state index in [4.69, 9.17) is 4.74 Å². The molecule has 0 fully saturated rings. The summed E-state index contributed by atoms with van der Waals surface area (Å²) in [5, 5.41) is 15.3. The van der Waals surface area contributed by atoms with Crippen LogP contribution in [0.3, 0.4) is 0 Å². The number of aromatic nitrogens is 2. The Labute approximate surface area is 200 Å². The van der Waals surface area contributed by atoms with Gasteiger partial charge in [0, 0.05) is 28.7 Å². The highest BCUT2D eigenvalue weighted by atomic mass is 32.2. The highest BCUT2D eigenvalue weighted by molar-refractivity contribution is 7.99. The van der Waals surface area contributed by atoms with Crippen molar-refractivity contribution in [2.75, 3.05) is 18.2 Å². The average Bonchev–Trinajstić information content (AvgIpc) is 3.33. The number of hydrogen-bond donors (Lipinski definition) is 1. The third-order valence-electron chi connectivity index (χ3n) is 4.73. The number of methoxy groups -OCH3 is 1. The number of thiazole rings is 1. The molecule has 0 radical (unpaired) electrons. The van der Waals surface area contributed by atoms with Crippen LogP contribution in [0.4, 0.5) is 5.13 Å². The van der Waals surface area contributed by atoms with Crippen LogP contribution in [0.2, 0.25) is 0 Å². The molecule has 6 nitrogen and oxygen atoms in total. The minimum absolute atomic E-state index is 0.133. The molecular formula is C25H20N4O2S2. The Hall–Kier alpha value is -3.67. The number of carbonyl (C=O) groups is 1. The zero-order chi connectivity index (χ0) is 23.0. The molecule has 1 N–H and O–H groups in total. The molecule has 2 aromatic heterocycles. The van der Waals surface area contributed by atoms with E-state index in [1.165, 1.54) is 23.1 Å². The zero-order valence-electron chi connectivity index (χ0n) is 17.8. The molecule has 2 aromatic carbocycles. The molecule has 0 aliphatic rings. The first kappa shape index (κ1) is 22.5. The van der Waals surface area contributed by atoms with Crippen LogP contribution < -0.4 is 10.1 Å². The molecule has 0 saturated carbocycles. The molecule has 2 heterocycles. The maximum Gasteiger partial charge on any atom is 0.226 e. The second-order valence-corrected chi connectivity index (χ2v) is 8.89. The summed E-state index contributed by atoms with van der Waals surface area (Å²) >= 11 is 2.78. The van der Waals surface area contributed by atoms with E-state index in [9.17, 15) is 10.1 Å². The quantitative estimate of drug-likeness (QED) is 0.323. The van der Waals surface area contributed by atoms with Gasteiger partial charge in [-0.2, -0.15) is 5.26 Å². The molecule has 0 spiro atoms. The minimum Gasteiger partial charge on any atom is -0.497 e. The fraction of sp³-hybridized carbons (Fsp3) is 0.120. The lowest BCUT2D eigenvalue weighted by Gasteiger charge is -2.07. The maximum absolute atomic E-state index is 12.4. The fourth-order valence-electron chi connectivity index (χ4n) is 3.07. The number of nitriles is 1. The number of amides is 1. The van der Waals surface area contributed by atoms with Gasteiger partial charge in [-0.25, -0.2) is 9.97 Å². The van der Waals surface area contributed by atoms with Crippen molar-refractivity contribution in [3.8, 4) is 34.3 Å². The molecule has 1 amide bonds. The van der Waals surface area contributed by atoms with Crippen LogP contribution in [0.25, 0.3) is 22.5 Å². The van der Waals surface area contributed by atoms with Gasteiger partial charge in [0.2, 0.25) is 5.91 Å². The van der Waals surface area contributed by atoms with Gasteiger partial charge in [0.1, 0.15) is 16.8 Å². The van der Waals surface area contributed by atoms with Gasteiger partial charge in [0.05, 0.1) is 24.1 Å². The number of nitrogens with one attached hydrogen (secondary N) is 1. The van der Waals surface area contributed by atoms with E-state index in [-0.39, 0.29) is 12.3 Å². The van der Waals surface area contributed by atoms with Gasteiger partial charge in [0.15, 0.2) is 5.13 Å². The van der Waals surface area contributed by atoms with E-state index >= 15 is 0 Å². The molecule has 8 heteroatoms. The lowest BCUT2D eigenvalue weighted by Crippen LogP contribution is -2.12. The second-order valence-electron chi connectivity index (χ2n) is 6.94. The summed E-state index contributed by atoms with van der Waals surface area (Å²) in [6.45, 7) is 0. The van der Waals surface area contributed by atoms with Gasteiger partial charge in [-0.15, -0.1) is 23.1 Å². The first-order valence-corrected chi connectivity index (χ1v) is 12.0. The zero-order valence-corrected chi connectivity index (χ0v) is 19.5. The number of ether oxygens (including phenoxy) is 1. The third-order valence-corrected chi connectivity index (χ3v) is 6.48. The number of pyridine rings is 1. The summed E-state index contributed by atoms with van der Waals surface area (Å²) < 4.78 is 5.26. The SMILES string of the molecule is COc1cccc(-c2csc(NC(=O)CCSc3nc(-c4ccccc4)ccc3C#N)n2)c1. The van der Waals surface area contributed by atoms with Crippen molar-refractivity contribution >= 4 is 34.1 Å². The van der Waals surface area contributed by atoms with E-state index in [1.807, 2.05) is 66.0 Å². The third kappa shape index (κ3) is 5.77. The Bertz CT molecular complexity index is 1300. The van der Waals surface area contributed by atoms with Crippen LogP contribution in [0.15, 0.2) is 77.1 Å². The first-order valence-electron chi connectivity index (χ1n) is 10.2. The van der Waals surface area contributed by atoms with E-state index in [0.29, 0.717) is 21.5 Å². The average molecular weight is 473 g/mol. The number of anilines is 1. The van der Waals surface area contributed by atoms with Crippen molar-refractivity contribution in [1.82, 2.24) is 9.97 Å². The van der Waals surface area contributed by atoms with Gasteiger partial charge >= 0.3 is 0 Å². The van der Waals surface area contributed by atoms with Crippen LogP contribution in [-0.2, 0) is 4.79 Å². The molecule has 4 rings (SSSR count). The van der Waals surface area contributed by atoms with Crippen molar-refractivity contribution in [3.63, 3.8) is 0 Å². The van der Waals surface area contributed by atoms with E-state index in [1.54, 1.807) is 13.2 Å². The fourth-order valence-corrected chi connectivity index (χ4v) is 4.72. The number of hydrogen-bond acceptors (Lipinski definition) is 7. The van der Waals surface area contributed by atoms with E-state index in [2.05, 4.69) is 21.4 Å². The Morgan fingerprint density at radius 1 is 1.06 bits per heavy atom. The van der Waals surface area contributed by atoms with Gasteiger partial charge in [-0.3, -0.25) is 4.79 Å². The molecule has 0 bridgehead atoms. The standard InChI is InChI=1S/C25H20N4O2S2/c1-31-20-9-5-8-18(14-20)22-16-33-25(28-22)29-23(30)12-13-32-24-19(15-26)10-11-21(27-24)17-6-3-2-4-7-17/h2-11,14,16H,12-13H2,1H3,(H,28,29,30). The summed E-state index contributed by atoms with van der Waals surface area (Å²) in [5.41, 5.74) is 3.99. The Morgan fingerprint density at radius 3 is 2.67 bits per heavy atom. The Balaban J connectivity index is 1.35.